The third-order valence-electron chi connectivity index (χ3n) is 4.53. The summed E-state index contributed by atoms with van der Waals surface area (Å²) < 4.78 is 0. The minimum Gasteiger partial charge on any atom is -0.478 e. The summed E-state index contributed by atoms with van der Waals surface area (Å²) in [5, 5.41) is 10.1. The number of aromatic carboxylic acids is 1. The van der Waals surface area contributed by atoms with Crippen LogP contribution in [0.4, 0.5) is 17.1 Å². The largest absolute Gasteiger partial charge is 0.478 e. The molecule has 5 N–H and O–H groups in total. The van der Waals surface area contributed by atoms with Crippen LogP contribution in [0.5, 0.6) is 0 Å². The van der Waals surface area contributed by atoms with Crippen molar-refractivity contribution in [2.24, 2.45) is 0 Å². The fourth-order valence-corrected chi connectivity index (χ4v) is 3.48. The monoisotopic (exact) mass is 381 g/mol. The summed E-state index contributed by atoms with van der Waals surface area (Å²) in [5.41, 5.74) is 13.1. The second-order valence-corrected chi connectivity index (χ2v) is 6.48. The van der Waals surface area contributed by atoms with E-state index in [1.54, 1.807) is 12.1 Å². The Labute approximate surface area is 157 Å². The molecule has 0 aromatic heterocycles. The van der Waals surface area contributed by atoms with Crippen molar-refractivity contribution >= 4 is 57.2 Å². The van der Waals surface area contributed by atoms with Gasteiger partial charge in [0.2, 0.25) is 0 Å². The Morgan fingerprint density at radius 2 is 1.44 bits per heavy atom. The molecule has 0 radical (unpaired) electrons. The van der Waals surface area contributed by atoms with Crippen molar-refractivity contribution in [1.82, 2.24) is 0 Å². The highest BCUT2D eigenvalue weighted by Gasteiger charge is 2.36. The maximum absolute atomic E-state index is 13.1. The highest BCUT2D eigenvalue weighted by Crippen LogP contribution is 2.39. The van der Waals surface area contributed by atoms with Gasteiger partial charge in [-0.3, -0.25) is 9.59 Å². The molecule has 3 aromatic carbocycles. The van der Waals surface area contributed by atoms with Crippen molar-refractivity contribution in [2.75, 3.05) is 16.4 Å². The zero-order valence-electron chi connectivity index (χ0n) is 13.7. The lowest BCUT2D eigenvalue weighted by Gasteiger charge is -2.28. The first-order valence-corrected chi connectivity index (χ1v) is 8.21. The smallest absolute Gasteiger partial charge is 0.335 e. The van der Waals surface area contributed by atoms with Gasteiger partial charge in [-0.2, -0.15) is 0 Å². The standard InChI is InChI=1S/C19H12ClN3O4/c20-11-4-1-8(19(26)27)7-14(11)23-17(24)9-2-5-12(21)16-13(22)6-3-10(15(9)16)18(23)25/h1-7H,21-22H2,(H,26,27). The number of nitrogens with zero attached hydrogens (tertiary/aromatic N) is 1. The number of anilines is 3. The van der Waals surface area contributed by atoms with Gasteiger partial charge in [0.05, 0.1) is 16.3 Å². The van der Waals surface area contributed by atoms with E-state index < -0.39 is 17.8 Å². The highest BCUT2D eigenvalue weighted by atomic mass is 35.5. The fourth-order valence-electron chi connectivity index (χ4n) is 3.27. The van der Waals surface area contributed by atoms with Crippen LogP contribution >= 0.6 is 11.6 Å². The molecule has 0 saturated heterocycles. The van der Waals surface area contributed by atoms with Crippen molar-refractivity contribution in [2.45, 2.75) is 0 Å². The van der Waals surface area contributed by atoms with Gasteiger partial charge in [0, 0.05) is 33.3 Å². The summed E-state index contributed by atoms with van der Waals surface area (Å²) >= 11 is 6.17. The van der Waals surface area contributed by atoms with Crippen LogP contribution in [-0.2, 0) is 0 Å². The van der Waals surface area contributed by atoms with Crippen LogP contribution in [0.1, 0.15) is 31.1 Å². The van der Waals surface area contributed by atoms with Crippen LogP contribution in [0, 0.1) is 0 Å². The molecule has 4 rings (SSSR count). The molecule has 7 nitrogen and oxygen atoms in total. The van der Waals surface area contributed by atoms with Gasteiger partial charge < -0.3 is 16.6 Å². The van der Waals surface area contributed by atoms with E-state index in [2.05, 4.69) is 0 Å². The number of halogens is 1. The Bertz CT molecular complexity index is 1130. The second-order valence-electron chi connectivity index (χ2n) is 6.07. The SMILES string of the molecule is Nc1ccc2c3c(ccc(N)c13)C(=O)N(c1cc(C(=O)O)ccc1Cl)C2=O. The summed E-state index contributed by atoms with van der Waals surface area (Å²) in [4.78, 5) is 38.3. The molecule has 0 aliphatic carbocycles. The van der Waals surface area contributed by atoms with Crippen LogP contribution in [0.15, 0.2) is 42.5 Å². The van der Waals surface area contributed by atoms with Crippen LogP contribution in [-0.4, -0.2) is 22.9 Å². The summed E-state index contributed by atoms with van der Waals surface area (Å²) in [6.45, 7) is 0. The minimum atomic E-state index is -1.20. The topological polar surface area (TPSA) is 127 Å². The number of imide groups is 1. The van der Waals surface area contributed by atoms with Gasteiger partial charge in [0.15, 0.2) is 0 Å². The number of benzene rings is 3. The lowest BCUT2D eigenvalue weighted by molar-refractivity contribution is 0.0695. The number of carboxylic acid groups (broad SMARTS) is 1. The Hall–Kier alpha value is -3.58. The number of amides is 2. The second kappa shape index (κ2) is 5.72. The van der Waals surface area contributed by atoms with E-state index in [1.165, 1.54) is 30.3 Å². The third-order valence-corrected chi connectivity index (χ3v) is 4.85. The van der Waals surface area contributed by atoms with Crippen LogP contribution in [0.2, 0.25) is 5.02 Å². The molecule has 0 atom stereocenters. The molecule has 0 bridgehead atoms. The predicted molar refractivity (Wildman–Crippen MR) is 102 cm³/mol. The fraction of sp³-hybridized carbons (Fsp3) is 0. The summed E-state index contributed by atoms with van der Waals surface area (Å²) in [5.74, 6) is -2.46. The summed E-state index contributed by atoms with van der Waals surface area (Å²) in [6.07, 6.45) is 0. The number of hydrogen-bond acceptors (Lipinski definition) is 5. The molecule has 1 heterocycles. The molecule has 0 saturated carbocycles. The first-order valence-electron chi connectivity index (χ1n) is 7.83. The van der Waals surface area contributed by atoms with E-state index in [4.69, 9.17) is 23.1 Å². The first-order chi connectivity index (χ1) is 12.8. The van der Waals surface area contributed by atoms with Crippen molar-refractivity contribution in [3.05, 3.63) is 64.2 Å². The Balaban J connectivity index is 2.01. The maximum atomic E-state index is 13.1. The molecule has 27 heavy (non-hydrogen) atoms. The van der Waals surface area contributed by atoms with Gasteiger partial charge in [0.1, 0.15) is 0 Å². The molecule has 0 unspecified atom stereocenters. The normalized spacial score (nSPS) is 13.3. The van der Waals surface area contributed by atoms with Gasteiger partial charge >= 0.3 is 5.97 Å². The average Bonchev–Trinajstić information content (AvgIpc) is 2.62. The predicted octanol–water partition coefficient (Wildman–Crippen LogP) is 3.16. The molecular formula is C19H12ClN3O4. The number of carbonyl (C=O) groups is 3. The lowest BCUT2D eigenvalue weighted by Crippen LogP contribution is -2.40. The van der Waals surface area contributed by atoms with Crippen LogP contribution < -0.4 is 16.4 Å². The lowest BCUT2D eigenvalue weighted by atomic mass is 9.91. The number of rotatable bonds is 2. The molecule has 3 aromatic rings. The molecule has 0 spiro atoms. The molecule has 0 fully saturated rings. The van der Waals surface area contributed by atoms with Crippen LogP contribution in [0.25, 0.3) is 10.8 Å². The average molecular weight is 382 g/mol. The van der Waals surface area contributed by atoms with Crippen molar-refractivity contribution in [1.29, 1.82) is 0 Å². The number of carbonyl (C=O) groups excluding carboxylic acids is 2. The Kier molecular flexibility index (Phi) is 3.57. The maximum Gasteiger partial charge on any atom is 0.335 e. The quantitative estimate of drug-likeness (QED) is 0.462. The van der Waals surface area contributed by atoms with Gasteiger partial charge in [-0.25, -0.2) is 9.69 Å². The van der Waals surface area contributed by atoms with E-state index in [0.29, 0.717) is 22.1 Å². The molecule has 8 heteroatoms. The zero-order chi connectivity index (χ0) is 19.5. The first kappa shape index (κ1) is 16.9. The van der Waals surface area contributed by atoms with Gasteiger partial charge in [-0.1, -0.05) is 11.6 Å². The number of nitrogen functional groups attached to an aromatic ring is 2. The van der Waals surface area contributed by atoms with Gasteiger partial charge in [-0.05, 0) is 42.5 Å². The van der Waals surface area contributed by atoms with E-state index in [9.17, 15) is 19.5 Å². The van der Waals surface area contributed by atoms with Crippen LogP contribution in [0.3, 0.4) is 0 Å². The van der Waals surface area contributed by atoms with E-state index in [-0.39, 0.29) is 27.4 Å². The number of nitrogens with two attached hydrogens (primary N) is 2. The minimum absolute atomic E-state index is 0.000910. The molecule has 1 aliphatic rings. The number of carboxylic acids is 1. The van der Waals surface area contributed by atoms with Gasteiger partial charge in [0.25, 0.3) is 11.8 Å². The van der Waals surface area contributed by atoms with Crippen molar-refractivity contribution in [3.63, 3.8) is 0 Å². The third kappa shape index (κ3) is 2.32. The van der Waals surface area contributed by atoms with E-state index in [0.717, 1.165) is 4.90 Å². The van der Waals surface area contributed by atoms with Crippen molar-refractivity contribution in [3.8, 4) is 0 Å². The summed E-state index contributed by atoms with van der Waals surface area (Å²) in [7, 11) is 0. The molecule has 1 aliphatic heterocycles. The van der Waals surface area contributed by atoms with Crippen molar-refractivity contribution < 1.29 is 19.5 Å². The molecule has 2 amide bonds. The summed E-state index contributed by atoms with van der Waals surface area (Å²) in [6, 6.07) is 9.92. The Morgan fingerprint density at radius 1 is 0.889 bits per heavy atom. The molecular weight excluding hydrogens is 370 g/mol. The zero-order valence-corrected chi connectivity index (χ0v) is 14.4. The van der Waals surface area contributed by atoms with E-state index >= 15 is 0 Å². The van der Waals surface area contributed by atoms with Gasteiger partial charge in [-0.15, -0.1) is 0 Å². The molecule has 134 valence electrons. The van der Waals surface area contributed by atoms with E-state index in [1.807, 2.05) is 0 Å². The Morgan fingerprint density at radius 3 is 1.96 bits per heavy atom. The number of hydrogen-bond donors (Lipinski definition) is 3. The highest BCUT2D eigenvalue weighted by molar-refractivity contribution is 6.41.